The monoisotopic (exact) mass is 376 g/mol. The lowest BCUT2D eigenvalue weighted by molar-refractivity contribution is 0.282. The molecule has 0 amide bonds. The first-order valence-corrected chi connectivity index (χ1v) is 8.83. The molecule has 2 aromatic rings. The molecule has 0 aliphatic rings. The smallest absolute Gasteiger partial charge is 0.264 e. The number of aromatic nitrogens is 1. The fraction of sp³-hybridized carbons (Fsp3) is 0.250. The Labute approximate surface area is 129 Å². The Morgan fingerprint density at radius 1 is 1.40 bits per heavy atom. The second-order valence-corrected chi connectivity index (χ2v) is 7.69. The van der Waals surface area contributed by atoms with Gasteiger partial charge in [-0.3, -0.25) is 4.72 Å². The number of aliphatic hydroxyl groups is 1. The minimum atomic E-state index is -3.75. The van der Waals surface area contributed by atoms with E-state index in [0.717, 1.165) is 10.0 Å². The summed E-state index contributed by atoms with van der Waals surface area (Å²) in [7, 11) is -3.75. The van der Waals surface area contributed by atoms with E-state index < -0.39 is 10.0 Å². The lowest BCUT2D eigenvalue weighted by atomic mass is 10.3. The van der Waals surface area contributed by atoms with Crippen LogP contribution in [0.15, 0.2) is 27.0 Å². The van der Waals surface area contributed by atoms with Crippen molar-refractivity contribution in [3.8, 4) is 0 Å². The van der Waals surface area contributed by atoms with Crippen LogP contribution in [-0.4, -0.2) is 18.5 Å². The first-order chi connectivity index (χ1) is 9.35. The second kappa shape index (κ2) is 5.80. The van der Waals surface area contributed by atoms with E-state index in [1.54, 1.807) is 24.6 Å². The van der Waals surface area contributed by atoms with Crippen molar-refractivity contribution in [2.24, 2.45) is 0 Å². The van der Waals surface area contributed by atoms with Gasteiger partial charge >= 0.3 is 0 Å². The molecule has 0 radical (unpaired) electrons. The molecule has 2 rings (SSSR count). The van der Waals surface area contributed by atoms with Crippen molar-refractivity contribution in [3.05, 3.63) is 38.1 Å². The number of sulfonamides is 1. The number of aryl methyl sites for hydroxylation is 2. The highest BCUT2D eigenvalue weighted by molar-refractivity contribution is 9.10. The van der Waals surface area contributed by atoms with E-state index in [1.807, 2.05) is 6.92 Å². The molecule has 5 nitrogen and oxygen atoms in total. The van der Waals surface area contributed by atoms with E-state index in [9.17, 15) is 13.5 Å². The van der Waals surface area contributed by atoms with Gasteiger partial charge in [-0.2, -0.15) is 0 Å². The van der Waals surface area contributed by atoms with Gasteiger partial charge in [0.15, 0.2) is 0 Å². The third-order valence-corrected chi connectivity index (χ3v) is 6.32. The van der Waals surface area contributed by atoms with Crippen LogP contribution in [-0.2, 0) is 16.6 Å². The summed E-state index contributed by atoms with van der Waals surface area (Å²) in [6.07, 6.45) is 1.54. The molecule has 2 aromatic heterocycles. The highest BCUT2D eigenvalue weighted by atomic mass is 79.9. The van der Waals surface area contributed by atoms with E-state index in [-0.39, 0.29) is 17.3 Å². The van der Waals surface area contributed by atoms with Crippen molar-refractivity contribution in [1.29, 1.82) is 0 Å². The Hall–Kier alpha value is -0.960. The zero-order valence-corrected chi connectivity index (χ0v) is 14.1. The molecule has 20 heavy (non-hydrogen) atoms. The lowest BCUT2D eigenvalue weighted by Crippen LogP contribution is -2.15. The highest BCUT2D eigenvalue weighted by Gasteiger charge is 2.23. The number of hydrogen-bond acceptors (Lipinski definition) is 5. The van der Waals surface area contributed by atoms with Crippen LogP contribution >= 0.6 is 27.3 Å². The zero-order chi connectivity index (χ0) is 14.9. The Kier molecular flexibility index (Phi) is 4.48. The average molecular weight is 377 g/mol. The summed E-state index contributed by atoms with van der Waals surface area (Å²) in [5.41, 5.74) is 1.49. The van der Waals surface area contributed by atoms with E-state index >= 15 is 0 Å². The van der Waals surface area contributed by atoms with Crippen molar-refractivity contribution in [1.82, 2.24) is 4.98 Å². The summed E-state index contributed by atoms with van der Waals surface area (Å²) in [5.74, 6) is 0.250. The number of nitrogens with one attached hydrogen (secondary N) is 1. The minimum Gasteiger partial charge on any atom is -0.391 e. The van der Waals surface area contributed by atoms with E-state index in [1.165, 1.54) is 11.3 Å². The van der Waals surface area contributed by atoms with Crippen LogP contribution in [0.2, 0.25) is 0 Å². The molecular weight excluding hydrogens is 364 g/mol. The SMILES string of the molecule is Cc1cc(NS(=O)(=O)c2c(C)csc2CO)ncc1Br. The topological polar surface area (TPSA) is 79.3 Å². The molecule has 2 heterocycles. The lowest BCUT2D eigenvalue weighted by Gasteiger charge is -2.09. The van der Waals surface area contributed by atoms with Crippen LogP contribution in [0.1, 0.15) is 16.0 Å². The van der Waals surface area contributed by atoms with E-state index in [4.69, 9.17) is 0 Å². The van der Waals surface area contributed by atoms with Gasteiger partial charge in [0.1, 0.15) is 10.7 Å². The predicted octanol–water partition coefficient (Wildman–Crippen LogP) is 2.82. The van der Waals surface area contributed by atoms with Crippen LogP contribution in [0.25, 0.3) is 0 Å². The average Bonchev–Trinajstić information content (AvgIpc) is 2.75. The van der Waals surface area contributed by atoms with E-state index in [2.05, 4.69) is 25.6 Å². The van der Waals surface area contributed by atoms with Gasteiger partial charge in [-0.1, -0.05) is 0 Å². The molecule has 0 fully saturated rings. The molecule has 2 N–H and O–H groups in total. The van der Waals surface area contributed by atoms with Crippen LogP contribution < -0.4 is 4.72 Å². The van der Waals surface area contributed by atoms with Crippen molar-refractivity contribution >= 4 is 43.1 Å². The molecule has 0 aliphatic heterocycles. The highest BCUT2D eigenvalue weighted by Crippen LogP contribution is 2.28. The third kappa shape index (κ3) is 3.03. The van der Waals surface area contributed by atoms with Gasteiger partial charge in [0.25, 0.3) is 10.0 Å². The molecule has 0 saturated carbocycles. The second-order valence-electron chi connectivity index (χ2n) is 4.25. The standard InChI is InChI=1S/C12H13BrN2O3S2/c1-7-3-11(14-4-9(7)13)15-20(17,18)12-8(2)6-19-10(12)5-16/h3-4,6,16H,5H2,1-2H3,(H,14,15). The number of rotatable bonds is 4. The van der Waals surface area contributed by atoms with Gasteiger partial charge in [-0.25, -0.2) is 13.4 Å². The summed E-state index contributed by atoms with van der Waals surface area (Å²) in [5, 5.41) is 10.9. The summed E-state index contributed by atoms with van der Waals surface area (Å²) < 4.78 is 28.0. The Morgan fingerprint density at radius 3 is 2.70 bits per heavy atom. The largest absolute Gasteiger partial charge is 0.391 e. The summed E-state index contributed by atoms with van der Waals surface area (Å²) in [6, 6.07) is 1.64. The molecule has 0 bridgehead atoms. The number of pyridine rings is 1. The summed E-state index contributed by atoms with van der Waals surface area (Å²) >= 11 is 4.53. The quantitative estimate of drug-likeness (QED) is 0.859. The van der Waals surface area contributed by atoms with Gasteiger partial charge in [-0.15, -0.1) is 11.3 Å². The fourth-order valence-corrected chi connectivity index (χ4v) is 4.62. The van der Waals surface area contributed by atoms with Crippen molar-refractivity contribution in [3.63, 3.8) is 0 Å². The van der Waals surface area contributed by atoms with Gasteiger partial charge in [0, 0.05) is 10.7 Å². The van der Waals surface area contributed by atoms with Crippen LogP contribution in [0.3, 0.4) is 0 Å². The maximum Gasteiger partial charge on any atom is 0.264 e. The van der Waals surface area contributed by atoms with Crippen LogP contribution in [0.5, 0.6) is 0 Å². The molecule has 0 unspecified atom stereocenters. The maximum atomic E-state index is 12.4. The fourth-order valence-electron chi connectivity index (χ4n) is 1.74. The Morgan fingerprint density at radius 2 is 2.10 bits per heavy atom. The van der Waals surface area contributed by atoms with E-state index in [0.29, 0.717) is 10.4 Å². The zero-order valence-electron chi connectivity index (χ0n) is 10.8. The maximum absolute atomic E-state index is 12.4. The molecule has 108 valence electrons. The third-order valence-electron chi connectivity index (χ3n) is 2.69. The number of anilines is 1. The first-order valence-electron chi connectivity index (χ1n) is 5.68. The predicted molar refractivity (Wildman–Crippen MR) is 82.5 cm³/mol. The summed E-state index contributed by atoms with van der Waals surface area (Å²) in [4.78, 5) is 4.58. The minimum absolute atomic E-state index is 0.132. The van der Waals surface area contributed by atoms with Gasteiger partial charge in [0.05, 0.1) is 11.5 Å². The molecule has 0 aliphatic carbocycles. The molecule has 0 spiro atoms. The van der Waals surface area contributed by atoms with Gasteiger partial charge < -0.3 is 5.11 Å². The summed E-state index contributed by atoms with van der Waals surface area (Å²) in [6.45, 7) is 3.24. The Balaban J connectivity index is 2.40. The number of nitrogens with zero attached hydrogens (tertiary/aromatic N) is 1. The molecule has 0 atom stereocenters. The van der Waals surface area contributed by atoms with Gasteiger partial charge in [-0.05, 0) is 52.4 Å². The molecule has 8 heteroatoms. The Bertz CT molecular complexity index is 741. The van der Waals surface area contributed by atoms with Crippen LogP contribution in [0.4, 0.5) is 5.82 Å². The normalized spacial score (nSPS) is 11.6. The molecular formula is C12H13BrN2O3S2. The first kappa shape index (κ1) is 15.4. The van der Waals surface area contributed by atoms with Gasteiger partial charge in [0.2, 0.25) is 0 Å². The molecule has 0 aromatic carbocycles. The van der Waals surface area contributed by atoms with Crippen molar-refractivity contribution in [2.45, 2.75) is 25.3 Å². The number of aliphatic hydroxyl groups excluding tert-OH is 1. The van der Waals surface area contributed by atoms with Crippen molar-refractivity contribution < 1.29 is 13.5 Å². The number of thiophene rings is 1. The number of halogens is 1. The van der Waals surface area contributed by atoms with Crippen LogP contribution in [0, 0.1) is 13.8 Å². The number of hydrogen-bond donors (Lipinski definition) is 2. The van der Waals surface area contributed by atoms with Crippen molar-refractivity contribution in [2.75, 3.05) is 4.72 Å². The molecule has 0 saturated heterocycles.